The van der Waals surface area contributed by atoms with E-state index in [4.69, 9.17) is 14.2 Å². The molecule has 23 heavy (non-hydrogen) atoms. The fraction of sp³-hybridized carbons (Fsp3) is 0.333. The number of hydrogen-bond donors (Lipinski definition) is 0. The minimum atomic E-state index is -0.389. The first kappa shape index (κ1) is 16.8. The summed E-state index contributed by atoms with van der Waals surface area (Å²) >= 11 is 0. The molecule has 5 nitrogen and oxygen atoms in total. The second-order valence-corrected chi connectivity index (χ2v) is 5.11. The van der Waals surface area contributed by atoms with Gasteiger partial charge in [0.15, 0.2) is 0 Å². The second kappa shape index (κ2) is 8.17. The molecule has 1 aromatic heterocycles. The average molecular weight is 315 g/mol. The number of carbonyl (C=O) groups excluding carboxylic acids is 1. The van der Waals surface area contributed by atoms with Gasteiger partial charge in [-0.1, -0.05) is 6.07 Å². The van der Waals surface area contributed by atoms with Crippen molar-refractivity contribution in [1.29, 1.82) is 0 Å². The van der Waals surface area contributed by atoms with E-state index in [0.717, 1.165) is 24.2 Å². The summed E-state index contributed by atoms with van der Waals surface area (Å²) in [5, 5.41) is 0. The van der Waals surface area contributed by atoms with E-state index in [1.54, 1.807) is 32.4 Å². The standard InChI is InChI=1S/C18H21NO4/c1-13-6-4-7-15(19-13)8-5-9-23-18(20)14-10-16(21-2)12-17(11-14)22-3/h4,6-7,10-12H,5,8-9H2,1-3H3. The van der Waals surface area contributed by atoms with Crippen LogP contribution in [0.2, 0.25) is 0 Å². The van der Waals surface area contributed by atoms with Crippen molar-refractivity contribution in [1.82, 2.24) is 4.98 Å². The second-order valence-electron chi connectivity index (χ2n) is 5.11. The molecule has 2 rings (SSSR count). The molecule has 5 heteroatoms. The molecule has 0 spiro atoms. The maximum atomic E-state index is 12.1. The molecule has 0 saturated carbocycles. The maximum absolute atomic E-state index is 12.1. The third kappa shape index (κ3) is 4.98. The summed E-state index contributed by atoms with van der Waals surface area (Å²) in [4.78, 5) is 16.5. The summed E-state index contributed by atoms with van der Waals surface area (Å²) in [5.41, 5.74) is 2.40. The molecule has 1 heterocycles. The van der Waals surface area contributed by atoms with Gasteiger partial charge >= 0.3 is 5.97 Å². The Morgan fingerprint density at radius 1 is 1.09 bits per heavy atom. The number of rotatable bonds is 7. The van der Waals surface area contributed by atoms with Crippen LogP contribution in [0.5, 0.6) is 11.5 Å². The molecule has 0 atom stereocenters. The molecule has 122 valence electrons. The van der Waals surface area contributed by atoms with Crippen molar-refractivity contribution in [3.05, 3.63) is 53.3 Å². The molecule has 0 N–H and O–H groups in total. The average Bonchev–Trinajstić information content (AvgIpc) is 2.58. The molecule has 0 bridgehead atoms. The first-order valence-corrected chi connectivity index (χ1v) is 7.45. The van der Waals surface area contributed by atoms with Gasteiger partial charge in [-0.25, -0.2) is 4.79 Å². The largest absolute Gasteiger partial charge is 0.497 e. The summed E-state index contributed by atoms with van der Waals surface area (Å²) in [6.07, 6.45) is 1.50. The Kier molecular flexibility index (Phi) is 5.97. The van der Waals surface area contributed by atoms with Crippen LogP contribution in [-0.4, -0.2) is 31.8 Å². The maximum Gasteiger partial charge on any atom is 0.338 e. The van der Waals surface area contributed by atoms with E-state index in [2.05, 4.69) is 4.98 Å². The monoisotopic (exact) mass is 315 g/mol. The van der Waals surface area contributed by atoms with Crippen LogP contribution in [0.3, 0.4) is 0 Å². The molecule has 0 aliphatic rings. The normalized spacial score (nSPS) is 10.2. The minimum Gasteiger partial charge on any atom is -0.497 e. The number of aromatic nitrogens is 1. The van der Waals surface area contributed by atoms with Crippen molar-refractivity contribution in [2.45, 2.75) is 19.8 Å². The van der Waals surface area contributed by atoms with E-state index in [0.29, 0.717) is 23.7 Å². The first-order chi connectivity index (χ1) is 11.1. The number of benzene rings is 1. The SMILES string of the molecule is COc1cc(OC)cc(C(=O)OCCCc2cccc(C)n2)c1. The Bertz CT molecular complexity index is 648. The quantitative estimate of drug-likeness (QED) is 0.580. The van der Waals surface area contributed by atoms with E-state index in [1.165, 1.54) is 0 Å². The van der Waals surface area contributed by atoms with Crippen LogP contribution in [0.15, 0.2) is 36.4 Å². The van der Waals surface area contributed by atoms with Crippen LogP contribution in [0.4, 0.5) is 0 Å². The summed E-state index contributed by atoms with van der Waals surface area (Å²) in [6.45, 7) is 2.30. The molecule has 0 radical (unpaired) electrons. The summed E-state index contributed by atoms with van der Waals surface area (Å²) in [7, 11) is 3.08. The van der Waals surface area contributed by atoms with Gasteiger partial charge in [0, 0.05) is 17.5 Å². The number of nitrogens with zero attached hydrogens (tertiary/aromatic N) is 1. The summed E-state index contributed by atoms with van der Waals surface area (Å²) in [5.74, 6) is 0.722. The van der Waals surface area contributed by atoms with Gasteiger partial charge in [0.1, 0.15) is 11.5 Å². The van der Waals surface area contributed by atoms with Gasteiger partial charge in [-0.2, -0.15) is 0 Å². The van der Waals surface area contributed by atoms with E-state index in [-0.39, 0.29) is 5.97 Å². The Balaban J connectivity index is 1.87. The van der Waals surface area contributed by atoms with Crippen molar-refractivity contribution < 1.29 is 19.0 Å². The lowest BCUT2D eigenvalue weighted by Gasteiger charge is -2.09. The predicted molar refractivity (Wildman–Crippen MR) is 87.1 cm³/mol. The van der Waals surface area contributed by atoms with Crippen molar-refractivity contribution in [2.24, 2.45) is 0 Å². The van der Waals surface area contributed by atoms with Crippen LogP contribution in [0.1, 0.15) is 28.2 Å². The lowest BCUT2D eigenvalue weighted by molar-refractivity contribution is 0.0499. The number of aryl methyl sites for hydroxylation is 2. The Labute approximate surface area is 136 Å². The molecule has 1 aromatic carbocycles. The highest BCUT2D eigenvalue weighted by Gasteiger charge is 2.11. The fourth-order valence-corrected chi connectivity index (χ4v) is 2.17. The molecule has 0 aliphatic carbocycles. The van der Waals surface area contributed by atoms with Crippen molar-refractivity contribution in [2.75, 3.05) is 20.8 Å². The zero-order valence-corrected chi connectivity index (χ0v) is 13.7. The fourth-order valence-electron chi connectivity index (χ4n) is 2.17. The van der Waals surface area contributed by atoms with Gasteiger partial charge in [0.25, 0.3) is 0 Å². The topological polar surface area (TPSA) is 57.7 Å². The lowest BCUT2D eigenvalue weighted by atomic mass is 10.2. The summed E-state index contributed by atoms with van der Waals surface area (Å²) in [6, 6.07) is 10.9. The van der Waals surface area contributed by atoms with Gasteiger partial charge in [0.05, 0.1) is 26.4 Å². The zero-order chi connectivity index (χ0) is 16.7. The molecule has 0 unspecified atom stereocenters. The van der Waals surface area contributed by atoms with Gasteiger partial charge in [-0.3, -0.25) is 4.98 Å². The van der Waals surface area contributed by atoms with Crippen LogP contribution in [0.25, 0.3) is 0 Å². The van der Waals surface area contributed by atoms with E-state index in [9.17, 15) is 4.79 Å². The highest BCUT2D eigenvalue weighted by Crippen LogP contribution is 2.23. The Morgan fingerprint density at radius 2 is 1.78 bits per heavy atom. The molecule has 0 aliphatic heterocycles. The highest BCUT2D eigenvalue weighted by atomic mass is 16.5. The molecular formula is C18H21NO4. The number of esters is 1. The molecular weight excluding hydrogens is 294 g/mol. The highest BCUT2D eigenvalue weighted by molar-refractivity contribution is 5.90. The molecule has 0 amide bonds. The number of carbonyl (C=O) groups is 1. The zero-order valence-electron chi connectivity index (χ0n) is 13.7. The van der Waals surface area contributed by atoms with Crippen molar-refractivity contribution in [3.8, 4) is 11.5 Å². The molecule has 2 aromatic rings. The van der Waals surface area contributed by atoms with Crippen LogP contribution < -0.4 is 9.47 Å². The van der Waals surface area contributed by atoms with Gasteiger partial charge < -0.3 is 14.2 Å². The summed E-state index contributed by atoms with van der Waals surface area (Å²) < 4.78 is 15.6. The number of pyridine rings is 1. The van der Waals surface area contributed by atoms with Gasteiger partial charge in [-0.15, -0.1) is 0 Å². The smallest absolute Gasteiger partial charge is 0.338 e. The van der Waals surface area contributed by atoms with Crippen molar-refractivity contribution in [3.63, 3.8) is 0 Å². The predicted octanol–water partition coefficient (Wildman–Crippen LogP) is 3.20. The minimum absolute atomic E-state index is 0.341. The van der Waals surface area contributed by atoms with Crippen LogP contribution in [-0.2, 0) is 11.2 Å². The van der Waals surface area contributed by atoms with Crippen LogP contribution in [0, 0.1) is 6.92 Å². The third-order valence-electron chi connectivity index (χ3n) is 3.34. The van der Waals surface area contributed by atoms with Crippen molar-refractivity contribution >= 4 is 5.97 Å². The van der Waals surface area contributed by atoms with E-state index in [1.807, 2.05) is 25.1 Å². The van der Waals surface area contributed by atoms with Gasteiger partial charge in [0.2, 0.25) is 0 Å². The lowest BCUT2D eigenvalue weighted by Crippen LogP contribution is -2.08. The first-order valence-electron chi connectivity index (χ1n) is 7.45. The Morgan fingerprint density at radius 3 is 2.39 bits per heavy atom. The molecule has 0 fully saturated rings. The number of hydrogen-bond acceptors (Lipinski definition) is 5. The third-order valence-corrected chi connectivity index (χ3v) is 3.34. The Hall–Kier alpha value is -2.56. The van der Waals surface area contributed by atoms with E-state index >= 15 is 0 Å². The van der Waals surface area contributed by atoms with Crippen LogP contribution >= 0.6 is 0 Å². The number of methoxy groups -OCH3 is 2. The van der Waals surface area contributed by atoms with E-state index < -0.39 is 0 Å². The molecule has 0 saturated heterocycles. The van der Waals surface area contributed by atoms with Gasteiger partial charge in [-0.05, 0) is 44.0 Å². The number of ether oxygens (including phenoxy) is 3.